The number of H-pyrrole nitrogens is 1. The van der Waals surface area contributed by atoms with Crippen LogP contribution in [-0.4, -0.2) is 33.8 Å². The van der Waals surface area contributed by atoms with Crippen molar-refractivity contribution < 1.29 is 14.3 Å². The minimum atomic E-state index is -0.320. The maximum Gasteiger partial charge on any atom is 0.269 e. The summed E-state index contributed by atoms with van der Waals surface area (Å²) in [5.74, 6) is 0.682. The average molecular weight is 436 g/mol. The smallest absolute Gasteiger partial charge is 0.269 e. The van der Waals surface area contributed by atoms with Crippen LogP contribution in [0.2, 0.25) is 5.02 Å². The van der Waals surface area contributed by atoms with Gasteiger partial charge in [-0.3, -0.25) is 19.9 Å². The van der Waals surface area contributed by atoms with E-state index in [4.69, 9.17) is 16.3 Å². The highest BCUT2D eigenvalue weighted by Gasteiger charge is 2.12. The quantitative estimate of drug-likeness (QED) is 0.432. The average Bonchev–Trinajstić information content (AvgIpc) is 3.14. The number of nitrogens with zero attached hydrogens (tertiary/aromatic N) is 2. The summed E-state index contributed by atoms with van der Waals surface area (Å²) in [5.41, 5.74) is 3.06. The fourth-order valence-corrected chi connectivity index (χ4v) is 3.07. The fraction of sp³-hybridized carbons (Fsp3) is 0.0909. The largest absolute Gasteiger partial charge is 0.457 e. The van der Waals surface area contributed by atoms with Crippen LogP contribution in [0, 0.1) is 6.92 Å². The molecule has 4 aromatic rings. The molecular weight excluding hydrogens is 418 g/mol. The lowest BCUT2D eigenvalue weighted by Crippen LogP contribution is -2.18. The molecule has 0 aliphatic rings. The maximum atomic E-state index is 12.6. The van der Waals surface area contributed by atoms with E-state index in [1.54, 1.807) is 36.4 Å². The molecule has 3 N–H and O–H groups in total. The van der Waals surface area contributed by atoms with Gasteiger partial charge >= 0.3 is 0 Å². The molecule has 9 heteroatoms. The SMILES string of the molecule is CNC(=O)c1cc(Oc2ccc(C(=O)Nc3nc4cc(Cl)c(C)cc4[nH]3)cc2)ccn1. The van der Waals surface area contributed by atoms with E-state index in [0.29, 0.717) is 33.6 Å². The van der Waals surface area contributed by atoms with Crippen molar-refractivity contribution in [1.82, 2.24) is 20.3 Å². The van der Waals surface area contributed by atoms with Crippen molar-refractivity contribution in [3.05, 3.63) is 76.6 Å². The van der Waals surface area contributed by atoms with E-state index in [2.05, 4.69) is 25.6 Å². The van der Waals surface area contributed by atoms with E-state index < -0.39 is 0 Å². The number of aromatic nitrogens is 3. The number of fused-ring (bicyclic) bond motifs is 1. The molecule has 0 aliphatic heterocycles. The number of carbonyl (C=O) groups excluding carboxylic acids is 2. The normalized spacial score (nSPS) is 10.7. The van der Waals surface area contributed by atoms with Crippen LogP contribution in [0.5, 0.6) is 11.5 Å². The van der Waals surface area contributed by atoms with Crippen molar-refractivity contribution in [1.29, 1.82) is 0 Å². The third-order valence-corrected chi connectivity index (χ3v) is 4.94. The van der Waals surface area contributed by atoms with Crippen LogP contribution < -0.4 is 15.4 Å². The number of rotatable bonds is 5. The number of ether oxygens (including phenoxy) is 1. The van der Waals surface area contributed by atoms with Crippen LogP contribution in [0.3, 0.4) is 0 Å². The first-order chi connectivity index (χ1) is 14.9. The molecular formula is C22H18ClN5O3. The van der Waals surface area contributed by atoms with Crippen molar-refractivity contribution >= 4 is 40.4 Å². The van der Waals surface area contributed by atoms with Gasteiger partial charge in [0, 0.05) is 29.9 Å². The molecule has 2 aromatic heterocycles. The van der Waals surface area contributed by atoms with Crippen molar-refractivity contribution in [3.8, 4) is 11.5 Å². The van der Waals surface area contributed by atoms with Gasteiger partial charge in [-0.1, -0.05) is 11.6 Å². The van der Waals surface area contributed by atoms with Gasteiger partial charge in [0.25, 0.3) is 11.8 Å². The molecule has 2 heterocycles. The number of imidazole rings is 1. The van der Waals surface area contributed by atoms with Crippen LogP contribution in [0.25, 0.3) is 11.0 Å². The van der Waals surface area contributed by atoms with Crippen LogP contribution in [0.1, 0.15) is 26.4 Å². The minimum Gasteiger partial charge on any atom is -0.457 e. The maximum absolute atomic E-state index is 12.6. The second kappa shape index (κ2) is 8.45. The zero-order valence-electron chi connectivity index (χ0n) is 16.7. The summed E-state index contributed by atoms with van der Waals surface area (Å²) in [6.45, 7) is 1.90. The Labute approximate surface area is 182 Å². The van der Waals surface area contributed by atoms with Gasteiger partial charge in [-0.2, -0.15) is 0 Å². The number of aryl methyl sites for hydroxylation is 1. The molecule has 2 amide bonds. The predicted octanol–water partition coefficient (Wildman–Crippen LogP) is 4.32. The highest BCUT2D eigenvalue weighted by Crippen LogP contribution is 2.24. The van der Waals surface area contributed by atoms with Crippen molar-refractivity contribution in [2.75, 3.05) is 12.4 Å². The summed E-state index contributed by atoms with van der Waals surface area (Å²) < 4.78 is 5.75. The van der Waals surface area contributed by atoms with Gasteiger partial charge in [0.05, 0.1) is 11.0 Å². The number of halogens is 1. The standard InChI is InChI=1S/C22H18ClN5O3/c1-12-9-17-18(11-16(12)23)27-22(26-17)28-20(29)13-3-5-14(6-4-13)31-15-7-8-25-19(10-15)21(30)24-2/h3-11H,1-2H3,(H,24,30)(H2,26,27,28,29). The van der Waals surface area contributed by atoms with Gasteiger partial charge in [-0.15, -0.1) is 0 Å². The molecule has 31 heavy (non-hydrogen) atoms. The van der Waals surface area contributed by atoms with Crippen LogP contribution in [0.15, 0.2) is 54.7 Å². The molecule has 156 valence electrons. The molecule has 0 spiro atoms. The zero-order chi connectivity index (χ0) is 22.0. The second-order valence-electron chi connectivity index (χ2n) is 6.74. The molecule has 0 radical (unpaired) electrons. The number of anilines is 1. The molecule has 8 nitrogen and oxygen atoms in total. The Hall–Kier alpha value is -3.91. The fourth-order valence-electron chi connectivity index (χ4n) is 2.92. The molecule has 0 aliphatic carbocycles. The lowest BCUT2D eigenvalue weighted by Gasteiger charge is -2.08. The summed E-state index contributed by atoms with van der Waals surface area (Å²) in [6, 6.07) is 13.4. The Balaban J connectivity index is 1.45. The lowest BCUT2D eigenvalue weighted by atomic mass is 10.2. The Kier molecular flexibility index (Phi) is 5.55. The Morgan fingerprint density at radius 3 is 2.55 bits per heavy atom. The molecule has 4 rings (SSSR count). The molecule has 2 aromatic carbocycles. The van der Waals surface area contributed by atoms with Crippen molar-refractivity contribution in [2.45, 2.75) is 6.92 Å². The molecule has 0 atom stereocenters. The van der Waals surface area contributed by atoms with Crippen LogP contribution in [-0.2, 0) is 0 Å². The van der Waals surface area contributed by atoms with Crippen LogP contribution in [0.4, 0.5) is 5.95 Å². The first-order valence-corrected chi connectivity index (χ1v) is 9.74. The number of amides is 2. The molecule has 0 bridgehead atoms. The highest BCUT2D eigenvalue weighted by molar-refractivity contribution is 6.32. The summed E-state index contributed by atoms with van der Waals surface area (Å²) in [5, 5.41) is 5.87. The summed E-state index contributed by atoms with van der Waals surface area (Å²) >= 11 is 6.13. The summed E-state index contributed by atoms with van der Waals surface area (Å²) in [4.78, 5) is 35.6. The van der Waals surface area contributed by atoms with Crippen LogP contribution >= 0.6 is 11.6 Å². The van der Waals surface area contributed by atoms with E-state index in [1.807, 2.05) is 13.0 Å². The van der Waals surface area contributed by atoms with Gasteiger partial charge in [0.1, 0.15) is 17.2 Å². The number of pyridine rings is 1. The van der Waals surface area contributed by atoms with Gasteiger partial charge in [0.2, 0.25) is 5.95 Å². The monoisotopic (exact) mass is 435 g/mol. The number of hydrogen-bond donors (Lipinski definition) is 3. The summed E-state index contributed by atoms with van der Waals surface area (Å²) in [7, 11) is 1.53. The van der Waals surface area contributed by atoms with E-state index >= 15 is 0 Å². The van der Waals surface area contributed by atoms with E-state index in [9.17, 15) is 9.59 Å². The number of carbonyl (C=O) groups is 2. The Bertz CT molecular complexity index is 1250. The number of hydrogen-bond acceptors (Lipinski definition) is 5. The van der Waals surface area contributed by atoms with Crippen molar-refractivity contribution in [2.24, 2.45) is 0 Å². The van der Waals surface area contributed by atoms with E-state index in [0.717, 1.165) is 11.1 Å². The summed E-state index contributed by atoms with van der Waals surface area (Å²) in [6.07, 6.45) is 1.49. The van der Waals surface area contributed by atoms with E-state index in [1.165, 1.54) is 19.3 Å². The number of nitrogens with one attached hydrogen (secondary N) is 3. The topological polar surface area (TPSA) is 109 Å². The van der Waals surface area contributed by atoms with Gasteiger partial charge in [-0.25, -0.2) is 4.98 Å². The molecule has 0 fully saturated rings. The first kappa shape index (κ1) is 20.4. The first-order valence-electron chi connectivity index (χ1n) is 9.36. The third kappa shape index (κ3) is 4.49. The minimum absolute atomic E-state index is 0.248. The van der Waals surface area contributed by atoms with Gasteiger partial charge < -0.3 is 15.0 Å². The van der Waals surface area contributed by atoms with Gasteiger partial charge in [-0.05, 0) is 55.0 Å². The Morgan fingerprint density at radius 2 is 1.81 bits per heavy atom. The molecule has 0 saturated heterocycles. The second-order valence-corrected chi connectivity index (χ2v) is 7.15. The zero-order valence-corrected chi connectivity index (χ0v) is 17.4. The van der Waals surface area contributed by atoms with E-state index in [-0.39, 0.29) is 17.5 Å². The molecule has 0 saturated carbocycles. The van der Waals surface area contributed by atoms with Crippen molar-refractivity contribution in [3.63, 3.8) is 0 Å². The third-order valence-electron chi connectivity index (χ3n) is 4.54. The number of aromatic amines is 1. The lowest BCUT2D eigenvalue weighted by molar-refractivity contribution is 0.0957. The van der Waals surface area contributed by atoms with Gasteiger partial charge in [0.15, 0.2) is 0 Å². The molecule has 0 unspecified atom stereocenters. The predicted molar refractivity (Wildman–Crippen MR) is 118 cm³/mol. The number of benzene rings is 2. The highest BCUT2D eigenvalue weighted by atomic mass is 35.5. The Morgan fingerprint density at radius 1 is 1.03 bits per heavy atom.